The monoisotopic (exact) mass is 465 g/mol. The van der Waals surface area contributed by atoms with Crippen molar-refractivity contribution in [3.05, 3.63) is 87.5 Å². The molecule has 160 valence electrons. The molecule has 0 amide bonds. The zero-order chi connectivity index (χ0) is 22.2. The van der Waals surface area contributed by atoms with Crippen molar-refractivity contribution >= 4 is 34.7 Å². The summed E-state index contributed by atoms with van der Waals surface area (Å²) in [7, 11) is 0. The molecule has 4 aromatic rings. The van der Waals surface area contributed by atoms with Crippen molar-refractivity contribution in [2.75, 3.05) is 11.4 Å². The summed E-state index contributed by atoms with van der Waals surface area (Å²) in [5.74, 6) is -0.446. The number of halogens is 2. The maximum absolute atomic E-state index is 13.4. The van der Waals surface area contributed by atoms with E-state index in [2.05, 4.69) is 25.3 Å². The molecule has 0 aliphatic carbocycles. The van der Waals surface area contributed by atoms with Gasteiger partial charge in [0.15, 0.2) is 0 Å². The first-order valence-electron chi connectivity index (χ1n) is 9.94. The third-order valence-electron chi connectivity index (χ3n) is 5.46. The van der Waals surface area contributed by atoms with Crippen LogP contribution in [-0.2, 0) is 6.54 Å². The number of nitrogens with zero attached hydrogens (tertiary/aromatic N) is 5. The lowest BCUT2D eigenvalue weighted by Gasteiger charge is -2.20. The van der Waals surface area contributed by atoms with Crippen LogP contribution in [0.3, 0.4) is 0 Å². The average molecular weight is 466 g/mol. The van der Waals surface area contributed by atoms with Crippen LogP contribution in [0, 0.1) is 6.92 Å². The highest BCUT2D eigenvalue weighted by Crippen LogP contribution is 2.40. The molecule has 1 atom stereocenters. The van der Waals surface area contributed by atoms with Crippen molar-refractivity contribution in [3.63, 3.8) is 0 Å². The van der Waals surface area contributed by atoms with Crippen LogP contribution in [-0.4, -0.2) is 32.7 Å². The van der Waals surface area contributed by atoms with Gasteiger partial charge in [0.1, 0.15) is 0 Å². The fourth-order valence-corrected chi connectivity index (χ4v) is 4.36. The van der Waals surface area contributed by atoms with Gasteiger partial charge in [-0.05, 0) is 42.3 Å². The standard InChI is InChI=1S/C23H17Cl2N5O2/c1-13-2-5-20-17(8-13)18(12-30(20)11-15-3-4-16(24)9-19(15)25)21(31)23-29-28-22(32-23)14-6-7-26-27-10-14/h2-10,18H,11-12H2,1H3. The summed E-state index contributed by atoms with van der Waals surface area (Å²) in [5, 5.41) is 16.7. The van der Waals surface area contributed by atoms with Crippen LogP contribution < -0.4 is 4.90 Å². The van der Waals surface area contributed by atoms with Crippen LogP contribution in [0.25, 0.3) is 11.5 Å². The largest absolute Gasteiger partial charge is 0.413 e. The van der Waals surface area contributed by atoms with Crippen LogP contribution >= 0.6 is 23.2 Å². The first kappa shape index (κ1) is 20.6. The first-order chi connectivity index (χ1) is 15.5. The van der Waals surface area contributed by atoms with E-state index in [9.17, 15) is 4.79 Å². The van der Waals surface area contributed by atoms with E-state index in [1.54, 1.807) is 12.1 Å². The van der Waals surface area contributed by atoms with Crippen LogP contribution in [0.15, 0.2) is 59.3 Å². The first-order valence-corrected chi connectivity index (χ1v) is 10.7. The predicted molar refractivity (Wildman–Crippen MR) is 121 cm³/mol. The Morgan fingerprint density at radius 3 is 2.78 bits per heavy atom. The molecule has 0 bridgehead atoms. The van der Waals surface area contributed by atoms with Gasteiger partial charge >= 0.3 is 0 Å². The number of aryl methyl sites for hydroxylation is 1. The van der Waals surface area contributed by atoms with E-state index in [-0.39, 0.29) is 17.6 Å². The van der Waals surface area contributed by atoms with Crippen molar-refractivity contribution in [2.24, 2.45) is 0 Å². The van der Waals surface area contributed by atoms with Crippen molar-refractivity contribution in [1.29, 1.82) is 0 Å². The molecule has 0 saturated heterocycles. The SMILES string of the molecule is Cc1ccc2c(c1)C(C(=O)c1nnc(-c3ccnnc3)o1)CN2Cc1ccc(Cl)cc1Cl. The molecule has 0 fully saturated rings. The number of hydrogen-bond donors (Lipinski definition) is 0. The molecule has 3 heterocycles. The quantitative estimate of drug-likeness (QED) is 0.377. The fraction of sp³-hybridized carbons (Fsp3) is 0.174. The summed E-state index contributed by atoms with van der Waals surface area (Å²) < 4.78 is 5.68. The Kier molecular flexibility index (Phi) is 5.36. The van der Waals surface area contributed by atoms with Crippen LogP contribution in [0.1, 0.15) is 33.3 Å². The topological polar surface area (TPSA) is 85.0 Å². The van der Waals surface area contributed by atoms with Gasteiger partial charge in [0.2, 0.25) is 11.7 Å². The second-order valence-corrected chi connectivity index (χ2v) is 8.48. The van der Waals surface area contributed by atoms with E-state index in [1.165, 1.54) is 12.4 Å². The van der Waals surface area contributed by atoms with Gasteiger partial charge in [0, 0.05) is 28.8 Å². The highest BCUT2D eigenvalue weighted by Gasteiger charge is 2.36. The average Bonchev–Trinajstić information content (AvgIpc) is 3.41. The molecule has 2 aromatic heterocycles. The Morgan fingerprint density at radius 2 is 2.00 bits per heavy atom. The second-order valence-electron chi connectivity index (χ2n) is 7.64. The lowest BCUT2D eigenvalue weighted by Crippen LogP contribution is -2.24. The van der Waals surface area contributed by atoms with Crippen molar-refractivity contribution in [1.82, 2.24) is 20.4 Å². The molecule has 1 aliphatic heterocycles. The van der Waals surface area contributed by atoms with E-state index in [0.717, 1.165) is 22.4 Å². The van der Waals surface area contributed by atoms with E-state index >= 15 is 0 Å². The third-order valence-corrected chi connectivity index (χ3v) is 6.05. The number of benzene rings is 2. The summed E-state index contributed by atoms with van der Waals surface area (Å²) >= 11 is 12.4. The Bertz CT molecular complexity index is 1310. The summed E-state index contributed by atoms with van der Waals surface area (Å²) in [5.41, 5.74) is 4.53. The lowest BCUT2D eigenvalue weighted by atomic mass is 9.95. The number of Topliss-reactive ketones (excluding diaryl/α,β-unsaturated/α-hetero) is 1. The molecule has 1 aliphatic rings. The minimum atomic E-state index is -0.431. The van der Waals surface area contributed by atoms with Gasteiger partial charge in [-0.25, -0.2) is 0 Å². The normalized spacial score (nSPS) is 15.1. The van der Waals surface area contributed by atoms with Gasteiger partial charge in [-0.1, -0.05) is 47.0 Å². The van der Waals surface area contributed by atoms with Gasteiger partial charge in [-0.3, -0.25) is 4.79 Å². The van der Waals surface area contributed by atoms with E-state index in [4.69, 9.17) is 27.6 Å². The highest BCUT2D eigenvalue weighted by molar-refractivity contribution is 6.35. The number of rotatable bonds is 5. The molecule has 2 aromatic carbocycles. The molecule has 9 heteroatoms. The maximum atomic E-state index is 13.4. The van der Waals surface area contributed by atoms with Crippen molar-refractivity contribution in [2.45, 2.75) is 19.4 Å². The number of carbonyl (C=O) groups is 1. The minimum Gasteiger partial charge on any atom is -0.413 e. The Labute approximate surface area is 194 Å². The number of aromatic nitrogens is 4. The molecule has 1 unspecified atom stereocenters. The second kappa shape index (κ2) is 8.33. The Hall–Kier alpha value is -3.29. The molecular weight excluding hydrogens is 449 g/mol. The molecule has 32 heavy (non-hydrogen) atoms. The third kappa shape index (κ3) is 3.85. The number of fused-ring (bicyclic) bond motifs is 1. The van der Waals surface area contributed by atoms with Gasteiger partial charge in [0.25, 0.3) is 5.89 Å². The van der Waals surface area contributed by atoms with Gasteiger partial charge < -0.3 is 9.32 Å². The molecule has 0 N–H and O–H groups in total. The maximum Gasteiger partial charge on any atom is 0.285 e. The highest BCUT2D eigenvalue weighted by atomic mass is 35.5. The van der Waals surface area contributed by atoms with Crippen LogP contribution in [0.5, 0.6) is 0 Å². The smallest absolute Gasteiger partial charge is 0.285 e. The summed E-state index contributed by atoms with van der Waals surface area (Å²) in [6, 6.07) is 13.2. The minimum absolute atomic E-state index is 0.0272. The van der Waals surface area contributed by atoms with Crippen LogP contribution in [0.4, 0.5) is 5.69 Å². The molecule has 5 rings (SSSR count). The molecule has 7 nitrogen and oxygen atoms in total. The number of anilines is 1. The van der Waals surface area contributed by atoms with E-state index in [0.29, 0.717) is 28.7 Å². The van der Waals surface area contributed by atoms with Gasteiger partial charge in [0.05, 0.1) is 23.9 Å². The molecule has 0 saturated carbocycles. The Morgan fingerprint density at radius 1 is 1.12 bits per heavy atom. The summed E-state index contributed by atoms with van der Waals surface area (Å²) in [6.45, 7) is 3.03. The van der Waals surface area contributed by atoms with Crippen LogP contribution in [0.2, 0.25) is 10.0 Å². The number of ketones is 1. The summed E-state index contributed by atoms with van der Waals surface area (Å²) in [4.78, 5) is 15.5. The molecular formula is C23H17Cl2N5O2. The predicted octanol–water partition coefficient (Wildman–Crippen LogP) is 5.13. The number of carbonyl (C=O) groups excluding carboxylic acids is 1. The van der Waals surface area contributed by atoms with Gasteiger partial charge in [-0.15, -0.1) is 10.2 Å². The molecule has 0 spiro atoms. The zero-order valence-corrected chi connectivity index (χ0v) is 18.5. The van der Waals surface area contributed by atoms with E-state index < -0.39 is 5.92 Å². The Balaban J connectivity index is 1.45. The number of hydrogen-bond acceptors (Lipinski definition) is 7. The van der Waals surface area contributed by atoms with Gasteiger partial charge in [-0.2, -0.15) is 10.2 Å². The van der Waals surface area contributed by atoms with Crippen molar-refractivity contribution < 1.29 is 9.21 Å². The fourth-order valence-electron chi connectivity index (χ4n) is 3.89. The zero-order valence-electron chi connectivity index (χ0n) is 17.0. The molecule has 0 radical (unpaired) electrons. The lowest BCUT2D eigenvalue weighted by molar-refractivity contribution is 0.0931. The summed E-state index contributed by atoms with van der Waals surface area (Å²) in [6.07, 6.45) is 3.03. The van der Waals surface area contributed by atoms with Crippen molar-refractivity contribution in [3.8, 4) is 11.5 Å². The van der Waals surface area contributed by atoms with E-state index in [1.807, 2.05) is 37.3 Å².